The van der Waals surface area contributed by atoms with Crippen molar-refractivity contribution in [2.75, 3.05) is 6.54 Å². The van der Waals surface area contributed by atoms with Gasteiger partial charge in [0.15, 0.2) is 0 Å². The van der Waals surface area contributed by atoms with Crippen molar-refractivity contribution >= 4 is 11.9 Å². The molecule has 0 atom stereocenters. The molecule has 0 saturated carbocycles. The van der Waals surface area contributed by atoms with Gasteiger partial charge in [0, 0.05) is 6.54 Å². The van der Waals surface area contributed by atoms with Crippen LogP contribution in [-0.4, -0.2) is 23.5 Å². The molecule has 1 rings (SSSR count). The molecular weight excluding hydrogens is 302 g/mol. The summed E-state index contributed by atoms with van der Waals surface area (Å²) < 4.78 is 0. The molecule has 4 heteroatoms. The molecule has 0 fully saturated rings. The first kappa shape index (κ1) is 20.2. The van der Waals surface area contributed by atoms with Crippen LogP contribution in [0.15, 0.2) is 24.3 Å². The number of rotatable bonds is 13. The lowest BCUT2D eigenvalue weighted by Crippen LogP contribution is -2.26. The molecule has 134 valence electrons. The molecule has 0 bridgehead atoms. The summed E-state index contributed by atoms with van der Waals surface area (Å²) in [7, 11) is 0. The van der Waals surface area contributed by atoms with E-state index < -0.39 is 5.97 Å². The van der Waals surface area contributed by atoms with E-state index in [0.717, 1.165) is 12.8 Å². The molecule has 0 aliphatic carbocycles. The fraction of sp³-hybridized carbons (Fsp3) is 0.600. The largest absolute Gasteiger partial charge is 0.478 e. The van der Waals surface area contributed by atoms with E-state index in [9.17, 15) is 9.59 Å². The van der Waals surface area contributed by atoms with Crippen LogP contribution in [-0.2, 0) is 0 Å². The summed E-state index contributed by atoms with van der Waals surface area (Å²) in [4.78, 5) is 23.2. The molecule has 4 nitrogen and oxygen atoms in total. The average molecular weight is 333 g/mol. The number of hydrogen-bond acceptors (Lipinski definition) is 2. The van der Waals surface area contributed by atoms with Crippen LogP contribution in [0.2, 0.25) is 0 Å². The average Bonchev–Trinajstić information content (AvgIpc) is 2.59. The van der Waals surface area contributed by atoms with Crippen LogP contribution in [0.25, 0.3) is 0 Å². The van der Waals surface area contributed by atoms with E-state index in [0.29, 0.717) is 6.54 Å². The number of carbonyl (C=O) groups excluding carboxylic acids is 1. The van der Waals surface area contributed by atoms with Crippen LogP contribution in [0.1, 0.15) is 91.8 Å². The molecule has 0 saturated heterocycles. The number of carboxylic acid groups (broad SMARTS) is 1. The second kappa shape index (κ2) is 12.6. The van der Waals surface area contributed by atoms with Gasteiger partial charge in [-0.1, -0.05) is 76.8 Å². The van der Waals surface area contributed by atoms with Gasteiger partial charge in [-0.05, 0) is 18.6 Å². The zero-order valence-electron chi connectivity index (χ0n) is 14.9. The maximum Gasteiger partial charge on any atom is 0.336 e. The third-order valence-electron chi connectivity index (χ3n) is 4.22. The Morgan fingerprint density at radius 1 is 0.833 bits per heavy atom. The molecule has 0 radical (unpaired) electrons. The van der Waals surface area contributed by atoms with Crippen molar-refractivity contribution < 1.29 is 14.7 Å². The molecule has 0 aromatic heterocycles. The van der Waals surface area contributed by atoms with Gasteiger partial charge in [0.2, 0.25) is 0 Å². The molecule has 0 aliphatic rings. The zero-order valence-corrected chi connectivity index (χ0v) is 14.9. The van der Waals surface area contributed by atoms with Crippen LogP contribution in [0, 0.1) is 0 Å². The second-order valence-corrected chi connectivity index (χ2v) is 6.29. The van der Waals surface area contributed by atoms with E-state index in [-0.39, 0.29) is 17.0 Å². The van der Waals surface area contributed by atoms with Crippen molar-refractivity contribution in [3.63, 3.8) is 0 Å². The summed E-state index contributed by atoms with van der Waals surface area (Å²) in [6.07, 6.45) is 12.5. The molecule has 0 heterocycles. The van der Waals surface area contributed by atoms with Gasteiger partial charge in [0.1, 0.15) is 0 Å². The molecule has 1 amide bonds. The Morgan fingerprint density at radius 3 is 1.88 bits per heavy atom. The maximum absolute atomic E-state index is 12.1. The Hall–Kier alpha value is -1.84. The zero-order chi connectivity index (χ0) is 17.6. The molecule has 2 N–H and O–H groups in total. The second-order valence-electron chi connectivity index (χ2n) is 6.29. The number of unbranched alkanes of at least 4 members (excludes halogenated alkanes) is 9. The van der Waals surface area contributed by atoms with Crippen molar-refractivity contribution in [2.45, 2.75) is 71.1 Å². The number of nitrogens with one attached hydrogen (secondary N) is 1. The summed E-state index contributed by atoms with van der Waals surface area (Å²) in [6.45, 7) is 2.84. The number of benzene rings is 1. The van der Waals surface area contributed by atoms with Gasteiger partial charge in [-0.15, -0.1) is 0 Å². The summed E-state index contributed by atoms with van der Waals surface area (Å²) in [5.74, 6) is -1.37. The molecule has 0 spiro atoms. The van der Waals surface area contributed by atoms with E-state index in [4.69, 9.17) is 5.11 Å². The Labute approximate surface area is 145 Å². The standard InChI is InChI=1S/C20H31NO3/c1-2-3-4-5-6-7-8-9-10-13-16-21-19(22)17-14-11-12-15-18(17)20(23)24/h11-12,14-15H,2-10,13,16H2,1H3,(H,21,22)(H,23,24). The summed E-state index contributed by atoms with van der Waals surface area (Å²) in [5.41, 5.74) is 0.287. The fourth-order valence-electron chi connectivity index (χ4n) is 2.78. The van der Waals surface area contributed by atoms with Crippen LogP contribution < -0.4 is 5.32 Å². The Bertz CT molecular complexity index is 499. The van der Waals surface area contributed by atoms with Crippen molar-refractivity contribution in [1.29, 1.82) is 0 Å². The minimum Gasteiger partial charge on any atom is -0.478 e. The van der Waals surface area contributed by atoms with E-state index in [1.807, 2.05) is 0 Å². The lowest BCUT2D eigenvalue weighted by molar-refractivity contribution is 0.0691. The third-order valence-corrected chi connectivity index (χ3v) is 4.22. The van der Waals surface area contributed by atoms with E-state index >= 15 is 0 Å². The smallest absolute Gasteiger partial charge is 0.336 e. The molecule has 0 aliphatic heterocycles. The first-order valence-corrected chi connectivity index (χ1v) is 9.27. The highest BCUT2D eigenvalue weighted by atomic mass is 16.4. The van der Waals surface area contributed by atoms with Gasteiger partial charge < -0.3 is 10.4 Å². The highest BCUT2D eigenvalue weighted by molar-refractivity contribution is 6.04. The molecular formula is C20H31NO3. The quantitative estimate of drug-likeness (QED) is 0.497. The Kier molecular flexibility index (Phi) is 10.6. The van der Waals surface area contributed by atoms with Crippen LogP contribution in [0.4, 0.5) is 0 Å². The highest BCUT2D eigenvalue weighted by Crippen LogP contribution is 2.11. The van der Waals surface area contributed by atoms with Crippen LogP contribution in [0.5, 0.6) is 0 Å². The van der Waals surface area contributed by atoms with Crippen LogP contribution in [0.3, 0.4) is 0 Å². The van der Waals surface area contributed by atoms with Gasteiger partial charge in [0.05, 0.1) is 11.1 Å². The maximum atomic E-state index is 12.1. The van der Waals surface area contributed by atoms with Gasteiger partial charge in [-0.2, -0.15) is 0 Å². The molecule has 24 heavy (non-hydrogen) atoms. The number of carbonyl (C=O) groups is 2. The van der Waals surface area contributed by atoms with Crippen LogP contribution >= 0.6 is 0 Å². The highest BCUT2D eigenvalue weighted by Gasteiger charge is 2.14. The number of hydrogen-bond donors (Lipinski definition) is 2. The number of carboxylic acids is 1. The van der Waals surface area contributed by atoms with Crippen molar-refractivity contribution in [2.24, 2.45) is 0 Å². The monoisotopic (exact) mass is 333 g/mol. The molecule has 1 aromatic carbocycles. The predicted octanol–water partition coefficient (Wildman–Crippen LogP) is 5.04. The normalized spacial score (nSPS) is 10.5. The minimum atomic E-state index is -1.07. The predicted molar refractivity (Wildman–Crippen MR) is 97.6 cm³/mol. The Morgan fingerprint density at radius 2 is 1.33 bits per heavy atom. The fourth-order valence-corrected chi connectivity index (χ4v) is 2.78. The van der Waals surface area contributed by atoms with E-state index in [1.165, 1.54) is 57.4 Å². The van der Waals surface area contributed by atoms with Gasteiger partial charge in [-0.3, -0.25) is 4.79 Å². The lowest BCUT2D eigenvalue weighted by atomic mass is 10.1. The van der Waals surface area contributed by atoms with E-state index in [2.05, 4.69) is 12.2 Å². The van der Waals surface area contributed by atoms with Gasteiger partial charge in [-0.25, -0.2) is 4.79 Å². The molecule has 1 aromatic rings. The summed E-state index contributed by atoms with van der Waals surface area (Å²) in [6, 6.07) is 6.32. The van der Waals surface area contributed by atoms with Gasteiger partial charge in [0.25, 0.3) is 5.91 Å². The lowest BCUT2D eigenvalue weighted by Gasteiger charge is -2.07. The van der Waals surface area contributed by atoms with Gasteiger partial charge >= 0.3 is 5.97 Å². The van der Waals surface area contributed by atoms with Crippen molar-refractivity contribution in [3.8, 4) is 0 Å². The SMILES string of the molecule is CCCCCCCCCCCCNC(=O)c1ccccc1C(=O)O. The number of amides is 1. The topological polar surface area (TPSA) is 66.4 Å². The summed E-state index contributed by atoms with van der Waals surface area (Å²) >= 11 is 0. The van der Waals surface area contributed by atoms with E-state index in [1.54, 1.807) is 18.2 Å². The van der Waals surface area contributed by atoms with Crippen molar-refractivity contribution in [1.82, 2.24) is 5.32 Å². The number of aromatic carboxylic acids is 1. The minimum absolute atomic E-state index is 0.0538. The first-order valence-electron chi connectivity index (χ1n) is 9.27. The van der Waals surface area contributed by atoms with Crippen molar-refractivity contribution in [3.05, 3.63) is 35.4 Å². The first-order chi connectivity index (χ1) is 11.7. The third kappa shape index (κ3) is 8.14. The molecule has 0 unspecified atom stereocenters. The summed E-state index contributed by atoms with van der Waals surface area (Å²) in [5, 5.41) is 11.9. The Balaban J connectivity index is 2.09.